The molecule has 0 fully saturated rings. The summed E-state index contributed by atoms with van der Waals surface area (Å²) in [6.07, 6.45) is 1.44. The highest BCUT2D eigenvalue weighted by molar-refractivity contribution is 6.18. The molecule has 0 radical (unpaired) electrons. The number of carbonyl (C=O) groups excluding carboxylic acids is 1. The van der Waals surface area contributed by atoms with Crippen LogP contribution in [0.15, 0.2) is 30.3 Å². The molecule has 0 saturated carbocycles. The van der Waals surface area contributed by atoms with E-state index in [1.165, 1.54) is 0 Å². The van der Waals surface area contributed by atoms with Crippen molar-refractivity contribution in [3.05, 3.63) is 35.9 Å². The molecule has 0 aliphatic carbocycles. The topological polar surface area (TPSA) is 17.1 Å². The van der Waals surface area contributed by atoms with E-state index in [0.29, 0.717) is 18.2 Å². The number of rotatable bonds is 5. The van der Waals surface area contributed by atoms with Crippen molar-refractivity contribution in [3.63, 3.8) is 0 Å². The molecule has 0 amide bonds. The third-order valence-electron chi connectivity index (χ3n) is 3.23. The van der Waals surface area contributed by atoms with Crippen LogP contribution >= 0.6 is 11.6 Å². The second kappa shape index (κ2) is 6.20. The Balaban J connectivity index is 2.54. The van der Waals surface area contributed by atoms with E-state index < -0.39 is 0 Å². The van der Waals surface area contributed by atoms with E-state index in [9.17, 15) is 4.79 Å². The number of carbonyl (C=O) groups is 1. The van der Waals surface area contributed by atoms with E-state index in [-0.39, 0.29) is 11.2 Å². The summed E-state index contributed by atoms with van der Waals surface area (Å²) in [5, 5.41) is 0. The maximum absolute atomic E-state index is 11.9. The monoisotopic (exact) mass is 252 g/mol. The van der Waals surface area contributed by atoms with Crippen molar-refractivity contribution in [1.82, 2.24) is 0 Å². The van der Waals surface area contributed by atoms with Crippen molar-refractivity contribution in [2.24, 2.45) is 11.3 Å². The van der Waals surface area contributed by atoms with Crippen molar-refractivity contribution in [2.75, 3.05) is 5.88 Å². The van der Waals surface area contributed by atoms with Crippen LogP contribution in [0.4, 0.5) is 0 Å². The molecule has 0 N–H and O–H groups in total. The summed E-state index contributed by atoms with van der Waals surface area (Å²) in [4.78, 5) is 11.9. The molecule has 0 bridgehead atoms. The predicted octanol–water partition coefficient (Wildman–Crippen LogP) is 4.55. The van der Waals surface area contributed by atoms with Gasteiger partial charge in [0.15, 0.2) is 5.78 Å². The molecule has 0 aromatic heterocycles. The minimum Gasteiger partial charge on any atom is -0.294 e. The fourth-order valence-corrected chi connectivity index (χ4v) is 2.43. The van der Waals surface area contributed by atoms with Crippen LogP contribution in [0.5, 0.6) is 0 Å². The quantitative estimate of drug-likeness (QED) is 0.555. The van der Waals surface area contributed by atoms with E-state index in [0.717, 1.165) is 12.0 Å². The van der Waals surface area contributed by atoms with Crippen molar-refractivity contribution in [2.45, 2.75) is 33.6 Å². The molecule has 17 heavy (non-hydrogen) atoms. The minimum absolute atomic E-state index is 0.165. The van der Waals surface area contributed by atoms with Crippen molar-refractivity contribution in [1.29, 1.82) is 0 Å². The Morgan fingerprint density at radius 1 is 1.24 bits per heavy atom. The number of hydrogen-bond donors (Lipinski definition) is 0. The normalized spacial score (nSPS) is 13.4. The number of alkyl halides is 1. The molecule has 0 spiro atoms. The van der Waals surface area contributed by atoms with Gasteiger partial charge in [0.1, 0.15) is 0 Å². The summed E-state index contributed by atoms with van der Waals surface area (Å²) in [5.41, 5.74) is 0.966. The average molecular weight is 253 g/mol. The highest BCUT2D eigenvalue weighted by Gasteiger charge is 2.24. The van der Waals surface area contributed by atoms with E-state index in [1.54, 1.807) is 0 Å². The Morgan fingerprint density at radius 3 is 2.29 bits per heavy atom. The first-order chi connectivity index (χ1) is 7.95. The third kappa shape index (κ3) is 4.51. The number of ketones is 1. The van der Waals surface area contributed by atoms with Crippen molar-refractivity contribution < 1.29 is 4.79 Å². The number of halogens is 1. The fraction of sp³-hybridized carbons (Fsp3) is 0.533. The summed E-state index contributed by atoms with van der Waals surface area (Å²) in [7, 11) is 0. The Morgan fingerprint density at radius 2 is 1.82 bits per heavy atom. The van der Waals surface area contributed by atoms with Gasteiger partial charge < -0.3 is 0 Å². The SMILES string of the molecule is CC(C)(C)C(CCl)CCC(=O)c1ccccc1. The maximum Gasteiger partial charge on any atom is 0.162 e. The molecular formula is C15H21ClO. The predicted molar refractivity (Wildman–Crippen MR) is 73.7 cm³/mol. The zero-order valence-electron chi connectivity index (χ0n) is 10.9. The molecule has 1 atom stereocenters. The lowest BCUT2D eigenvalue weighted by Crippen LogP contribution is -2.22. The van der Waals surface area contributed by atoms with Crippen LogP contribution in [-0.4, -0.2) is 11.7 Å². The first-order valence-electron chi connectivity index (χ1n) is 6.09. The van der Waals surface area contributed by atoms with Gasteiger partial charge in [-0.1, -0.05) is 51.1 Å². The summed E-state index contributed by atoms with van der Waals surface area (Å²) >= 11 is 5.97. The summed E-state index contributed by atoms with van der Waals surface area (Å²) in [6, 6.07) is 9.46. The molecule has 0 saturated heterocycles. The molecular weight excluding hydrogens is 232 g/mol. The largest absolute Gasteiger partial charge is 0.294 e. The fourth-order valence-electron chi connectivity index (χ4n) is 1.82. The van der Waals surface area contributed by atoms with Gasteiger partial charge in [-0.2, -0.15) is 0 Å². The molecule has 1 aromatic carbocycles. The zero-order valence-corrected chi connectivity index (χ0v) is 11.6. The molecule has 1 rings (SSSR count). The van der Waals surface area contributed by atoms with Crippen LogP contribution < -0.4 is 0 Å². The van der Waals surface area contributed by atoms with Gasteiger partial charge >= 0.3 is 0 Å². The van der Waals surface area contributed by atoms with Gasteiger partial charge in [0.05, 0.1) is 0 Å². The van der Waals surface area contributed by atoms with Gasteiger partial charge in [0, 0.05) is 17.9 Å². The summed E-state index contributed by atoms with van der Waals surface area (Å²) < 4.78 is 0. The highest BCUT2D eigenvalue weighted by atomic mass is 35.5. The van der Waals surface area contributed by atoms with Gasteiger partial charge in [0.2, 0.25) is 0 Å². The van der Waals surface area contributed by atoms with Gasteiger partial charge in [-0.15, -0.1) is 11.6 Å². The zero-order chi connectivity index (χ0) is 12.9. The van der Waals surface area contributed by atoms with Gasteiger partial charge in [-0.05, 0) is 17.8 Å². The van der Waals surface area contributed by atoms with Crippen molar-refractivity contribution >= 4 is 17.4 Å². The van der Waals surface area contributed by atoms with Crippen LogP contribution in [0.2, 0.25) is 0 Å². The Labute approximate surface area is 109 Å². The number of Topliss-reactive ketones (excluding diaryl/α,β-unsaturated/α-hetero) is 1. The standard InChI is InChI=1S/C15H21ClO/c1-15(2,3)13(11-16)9-10-14(17)12-7-5-4-6-8-12/h4-8,13H,9-11H2,1-3H3. The highest BCUT2D eigenvalue weighted by Crippen LogP contribution is 2.31. The molecule has 1 nitrogen and oxygen atoms in total. The summed E-state index contributed by atoms with van der Waals surface area (Å²) in [5.74, 6) is 1.22. The molecule has 1 unspecified atom stereocenters. The van der Waals surface area contributed by atoms with Crippen LogP contribution in [0.1, 0.15) is 44.0 Å². The van der Waals surface area contributed by atoms with E-state index in [1.807, 2.05) is 30.3 Å². The van der Waals surface area contributed by atoms with Gasteiger partial charge in [0.25, 0.3) is 0 Å². The third-order valence-corrected chi connectivity index (χ3v) is 3.60. The molecule has 2 heteroatoms. The van der Waals surface area contributed by atoms with Crippen molar-refractivity contribution in [3.8, 4) is 0 Å². The summed E-state index contributed by atoms with van der Waals surface area (Å²) in [6.45, 7) is 6.52. The second-order valence-corrected chi connectivity index (χ2v) is 5.85. The maximum atomic E-state index is 11.9. The smallest absolute Gasteiger partial charge is 0.162 e. The van der Waals surface area contributed by atoms with Gasteiger partial charge in [-0.3, -0.25) is 4.79 Å². The lowest BCUT2D eigenvalue weighted by molar-refractivity contribution is 0.0964. The lowest BCUT2D eigenvalue weighted by atomic mass is 9.79. The first-order valence-corrected chi connectivity index (χ1v) is 6.63. The Hall–Kier alpha value is -0.820. The van der Waals surface area contributed by atoms with Crippen LogP contribution in [0.25, 0.3) is 0 Å². The van der Waals surface area contributed by atoms with Gasteiger partial charge in [-0.25, -0.2) is 0 Å². The molecule has 0 aliphatic heterocycles. The molecule has 1 aromatic rings. The molecule has 0 aliphatic rings. The second-order valence-electron chi connectivity index (χ2n) is 5.55. The minimum atomic E-state index is 0.165. The Bertz CT molecular complexity index is 351. The van der Waals surface area contributed by atoms with E-state index in [4.69, 9.17) is 11.6 Å². The first kappa shape index (κ1) is 14.2. The Kier molecular flexibility index (Phi) is 5.20. The van der Waals surface area contributed by atoms with E-state index in [2.05, 4.69) is 20.8 Å². The number of hydrogen-bond acceptors (Lipinski definition) is 1. The average Bonchev–Trinajstić information content (AvgIpc) is 2.29. The van der Waals surface area contributed by atoms with Crippen LogP contribution in [0, 0.1) is 11.3 Å². The molecule has 94 valence electrons. The van der Waals surface area contributed by atoms with Crippen LogP contribution in [-0.2, 0) is 0 Å². The van der Waals surface area contributed by atoms with Crippen LogP contribution in [0.3, 0.4) is 0 Å². The number of benzene rings is 1. The lowest BCUT2D eigenvalue weighted by Gasteiger charge is -2.28. The molecule has 0 heterocycles. The van der Waals surface area contributed by atoms with E-state index >= 15 is 0 Å².